The van der Waals surface area contributed by atoms with Gasteiger partial charge in [0.25, 0.3) is 0 Å². The number of nitrogens with zero attached hydrogens (tertiary/aromatic N) is 3. The van der Waals surface area contributed by atoms with Crippen molar-refractivity contribution >= 4 is 5.71 Å². The fourth-order valence-corrected chi connectivity index (χ4v) is 4.24. The van der Waals surface area contributed by atoms with E-state index in [9.17, 15) is 8.78 Å². The van der Waals surface area contributed by atoms with Gasteiger partial charge in [-0.15, -0.1) is 0 Å². The summed E-state index contributed by atoms with van der Waals surface area (Å²) in [4.78, 5) is 10.8. The average Bonchev–Trinajstić information content (AvgIpc) is 3.25. The molecule has 2 aromatic rings. The smallest absolute Gasteiger partial charge is 0.177 e. The standard InChI is InChI=1S/C24H24F2N4O.C2H6O.C2H6/c1-3-17-15-31-24(19(17)4-2)7-9-30(10-8-24)14-16-12-28-23(29-13-16)22(27)18-5-6-20(25)21(26)11-18;1-2-3;1-2/h3-6,11-13,27H,1-2,7-10,14-15H2;3H,2H2,1H3;1-2H3. The maximum atomic E-state index is 13.4. The lowest BCUT2D eigenvalue weighted by atomic mass is 9.83. The third kappa shape index (κ3) is 6.78. The monoisotopic (exact) mass is 498 g/mol. The van der Waals surface area contributed by atoms with Gasteiger partial charge in [-0.25, -0.2) is 18.7 Å². The highest BCUT2D eigenvalue weighted by molar-refractivity contribution is 6.08. The lowest BCUT2D eigenvalue weighted by molar-refractivity contribution is -0.0301. The number of piperidine rings is 1. The van der Waals surface area contributed by atoms with Gasteiger partial charge in [0, 0.05) is 49.8 Å². The van der Waals surface area contributed by atoms with Crippen LogP contribution < -0.4 is 0 Å². The van der Waals surface area contributed by atoms with Crippen molar-refractivity contribution in [3.63, 3.8) is 0 Å². The molecule has 2 N–H and O–H groups in total. The topological polar surface area (TPSA) is 82.3 Å². The summed E-state index contributed by atoms with van der Waals surface area (Å²) in [5.41, 5.74) is 3.12. The second kappa shape index (κ2) is 13.9. The maximum Gasteiger partial charge on any atom is 0.177 e. The van der Waals surface area contributed by atoms with Gasteiger partial charge in [0.15, 0.2) is 17.5 Å². The molecule has 0 atom stereocenters. The minimum atomic E-state index is -0.998. The maximum absolute atomic E-state index is 13.4. The van der Waals surface area contributed by atoms with Crippen molar-refractivity contribution in [2.75, 3.05) is 26.3 Å². The molecule has 0 bridgehead atoms. The number of rotatable bonds is 6. The van der Waals surface area contributed by atoms with Crippen LogP contribution in [0.3, 0.4) is 0 Å². The number of aromatic nitrogens is 2. The molecule has 36 heavy (non-hydrogen) atoms. The number of hydrogen-bond donors (Lipinski definition) is 2. The zero-order valence-corrected chi connectivity index (χ0v) is 21.4. The first-order chi connectivity index (χ1) is 17.4. The molecular formula is C28H36F2N4O2. The van der Waals surface area contributed by atoms with Gasteiger partial charge in [-0.2, -0.15) is 0 Å². The fourth-order valence-electron chi connectivity index (χ4n) is 4.24. The van der Waals surface area contributed by atoms with E-state index in [0.717, 1.165) is 54.8 Å². The van der Waals surface area contributed by atoms with Crippen molar-refractivity contribution in [1.29, 1.82) is 5.41 Å². The first-order valence-electron chi connectivity index (χ1n) is 12.2. The summed E-state index contributed by atoms with van der Waals surface area (Å²) >= 11 is 0. The van der Waals surface area contributed by atoms with Crippen molar-refractivity contribution in [1.82, 2.24) is 14.9 Å². The Morgan fingerprint density at radius 3 is 2.28 bits per heavy atom. The summed E-state index contributed by atoms with van der Waals surface area (Å²) in [6.45, 7) is 16.8. The predicted octanol–water partition coefficient (Wildman–Crippen LogP) is 5.23. The molecule has 1 fully saturated rings. The van der Waals surface area contributed by atoms with Crippen molar-refractivity contribution in [2.24, 2.45) is 0 Å². The molecule has 3 heterocycles. The third-order valence-electron chi connectivity index (χ3n) is 6.00. The summed E-state index contributed by atoms with van der Waals surface area (Å²) in [6, 6.07) is 3.32. The number of benzene rings is 1. The van der Waals surface area contributed by atoms with E-state index in [1.54, 1.807) is 19.3 Å². The molecule has 1 spiro atoms. The summed E-state index contributed by atoms with van der Waals surface area (Å²) in [7, 11) is 0. The normalized spacial score (nSPS) is 16.5. The van der Waals surface area contributed by atoms with Crippen LogP contribution in [0.15, 0.2) is 67.0 Å². The van der Waals surface area contributed by atoms with E-state index in [4.69, 9.17) is 15.3 Å². The summed E-state index contributed by atoms with van der Waals surface area (Å²) < 4.78 is 32.7. The largest absolute Gasteiger partial charge is 0.397 e. The number of likely N-dealkylation sites (tertiary alicyclic amines) is 1. The highest BCUT2D eigenvalue weighted by Gasteiger charge is 2.42. The molecule has 0 aliphatic carbocycles. The molecular weight excluding hydrogens is 462 g/mol. The summed E-state index contributed by atoms with van der Waals surface area (Å²) in [6.07, 6.45) is 8.87. The van der Waals surface area contributed by atoms with Crippen LogP contribution in [0.2, 0.25) is 0 Å². The van der Waals surface area contributed by atoms with Crippen LogP contribution in [0.25, 0.3) is 0 Å². The van der Waals surface area contributed by atoms with Crippen LogP contribution in [0.4, 0.5) is 8.78 Å². The highest BCUT2D eigenvalue weighted by Crippen LogP contribution is 2.41. The predicted molar refractivity (Wildman–Crippen MR) is 139 cm³/mol. The van der Waals surface area contributed by atoms with E-state index in [-0.39, 0.29) is 29.3 Å². The second-order valence-electron chi connectivity index (χ2n) is 8.14. The molecule has 1 aromatic heterocycles. The minimum Gasteiger partial charge on any atom is -0.397 e. The zero-order chi connectivity index (χ0) is 26.7. The van der Waals surface area contributed by atoms with E-state index in [1.165, 1.54) is 6.07 Å². The number of ether oxygens (including phenoxy) is 1. The van der Waals surface area contributed by atoms with Gasteiger partial charge in [0.1, 0.15) is 5.71 Å². The molecule has 0 unspecified atom stereocenters. The molecule has 6 nitrogen and oxygen atoms in total. The molecule has 0 amide bonds. The molecule has 2 aliphatic rings. The zero-order valence-electron chi connectivity index (χ0n) is 21.4. The number of nitrogens with one attached hydrogen (secondary N) is 1. The molecule has 2 aliphatic heterocycles. The van der Waals surface area contributed by atoms with Gasteiger partial charge >= 0.3 is 0 Å². The number of halogens is 2. The van der Waals surface area contributed by atoms with Crippen molar-refractivity contribution in [2.45, 2.75) is 45.8 Å². The Morgan fingerprint density at radius 2 is 1.75 bits per heavy atom. The first kappa shape index (κ1) is 29.2. The van der Waals surface area contributed by atoms with Crippen LogP contribution in [0, 0.1) is 17.0 Å². The van der Waals surface area contributed by atoms with E-state index in [1.807, 2.05) is 26.0 Å². The lowest BCUT2D eigenvalue weighted by Crippen LogP contribution is -2.45. The van der Waals surface area contributed by atoms with Crippen LogP contribution >= 0.6 is 0 Å². The van der Waals surface area contributed by atoms with Crippen molar-refractivity contribution in [3.05, 3.63) is 95.6 Å². The van der Waals surface area contributed by atoms with Gasteiger partial charge in [0.2, 0.25) is 0 Å². The Balaban J connectivity index is 0.000000850. The number of hydrogen-bond acceptors (Lipinski definition) is 6. The van der Waals surface area contributed by atoms with Crippen LogP contribution in [-0.4, -0.2) is 57.6 Å². The van der Waals surface area contributed by atoms with Gasteiger partial charge in [-0.1, -0.05) is 39.2 Å². The SMILES string of the molecule is C=CC1=C(C=C)C2(CCN(Cc3cnc(C(=N)c4ccc(F)c(F)c4)nc3)CC2)OC1.CC.CCO. The van der Waals surface area contributed by atoms with Crippen LogP contribution in [-0.2, 0) is 11.3 Å². The molecule has 8 heteroatoms. The Hall–Kier alpha value is -3.07. The average molecular weight is 499 g/mol. The fraction of sp³-hybridized carbons (Fsp3) is 0.393. The minimum absolute atomic E-state index is 0.0505. The molecule has 0 saturated carbocycles. The van der Waals surface area contributed by atoms with Crippen molar-refractivity contribution in [3.8, 4) is 0 Å². The van der Waals surface area contributed by atoms with E-state index in [0.29, 0.717) is 13.2 Å². The molecule has 4 rings (SSSR count). The van der Waals surface area contributed by atoms with Gasteiger partial charge in [0.05, 0.1) is 12.2 Å². The quantitative estimate of drug-likeness (QED) is 0.533. The third-order valence-corrected chi connectivity index (χ3v) is 6.00. The van der Waals surface area contributed by atoms with E-state index in [2.05, 4.69) is 28.0 Å². The molecule has 194 valence electrons. The summed E-state index contributed by atoms with van der Waals surface area (Å²) in [5.74, 6) is -1.78. The van der Waals surface area contributed by atoms with Crippen molar-refractivity contribution < 1.29 is 18.6 Å². The van der Waals surface area contributed by atoms with Gasteiger partial charge < -0.3 is 9.84 Å². The van der Waals surface area contributed by atoms with E-state index < -0.39 is 11.6 Å². The second-order valence-corrected chi connectivity index (χ2v) is 8.14. The lowest BCUT2D eigenvalue weighted by Gasteiger charge is -2.39. The van der Waals surface area contributed by atoms with E-state index >= 15 is 0 Å². The Kier molecular flexibility index (Phi) is 11.2. The molecule has 0 radical (unpaired) electrons. The van der Waals surface area contributed by atoms with Crippen LogP contribution in [0.1, 0.15) is 50.6 Å². The number of aliphatic hydroxyl groups is 1. The number of aliphatic hydroxyl groups excluding tert-OH is 1. The first-order valence-corrected chi connectivity index (χ1v) is 12.2. The molecule has 1 saturated heterocycles. The Bertz CT molecular complexity index is 1080. The molecule has 1 aromatic carbocycles. The Labute approximate surface area is 212 Å². The van der Waals surface area contributed by atoms with Gasteiger partial charge in [-0.05, 0) is 49.1 Å². The highest BCUT2D eigenvalue weighted by atomic mass is 19.2. The van der Waals surface area contributed by atoms with Gasteiger partial charge in [-0.3, -0.25) is 10.3 Å². The Morgan fingerprint density at radius 1 is 1.14 bits per heavy atom. The summed E-state index contributed by atoms with van der Waals surface area (Å²) in [5, 5.41) is 15.7. The van der Waals surface area contributed by atoms with Crippen LogP contribution in [0.5, 0.6) is 0 Å².